The molecule has 2 saturated carbocycles. The molecule has 1 unspecified atom stereocenters. The van der Waals surface area contributed by atoms with Crippen LogP contribution in [0.5, 0.6) is 5.75 Å². The number of fused-ring (bicyclic) bond motifs is 2. The molecule has 3 N–H and O–H groups in total. The molecule has 0 spiro atoms. The van der Waals surface area contributed by atoms with E-state index in [4.69, 9.17) is 16.3 Å². The number of ether oxygens (including phenoxy) is 1. The summed E-state index contributed by atoms with van der Waals surface area (Å²) in [5.41, 5.74) is 0.741. The molecule has 2 aromatic carbocycles. The van der Waals surface area contributed by atoms with Crippen LogP contribution in [0.4, 0.5) is 4.39 Å². The van der Waals surface area contributed by atoms with Crippen LogP contribution in [0.25, 0.3) is 0 Å². The number of benzene rings is 2. The zero-order chi connectivity index (χ0) is 24.0. The third-order valence-electron chi connectivity index (χ3n) is 8.02. The van der Waals surface area contributed by atoms with Crippen molar-refractivity contribution in [3.05, 3.63) is 76.1 Å². The van der Waals surface area contributed by atoms with Gasteiger partial charge in [-0.2, -0.15) is 0 Å². The minimum atomic E-state index is -1.01. The molecule has 34 heavy (non-hydrogen) atoms. The van der Waals surface area contributed by atoms with Gasteiger partial charge in [0.15, 0.2) is 0 Å². The zero-order valence-electron chi connectivity index (χ0n) is 18.7. The summed E-state index contributed by atoms with van der Waals surface area (Å²) in [4.78, 5) is 11.3. The van der Waals surface area contributed by atoms with E-state index in [2.05, 4.69) is 0 Å². The lowest BCUT2D eigenvalue weighted by Crippen LogP contribution is -2.45. The zero-order valence-corrected chi connectivity index (χ0v) is 19.4. The summed E-state index contributed by atoms with van der Waals surface area (Å²) < 4.78 is 20.9. The molecule has 2 aromatic rings. The van der Waals surface area contributed by atoms with E-state index >= 15 is 0 Å². The monoisotopic (exact) mass is 486 g/mol. The number of carboxylic acid groups (broad SMARTS) is 1. The van der Waals surface area contributed by atoms with Gasteiger partial charge in [0.05, 0.1) is 17.8 Å². The molecule has 0 aromatic heterocycles. The van der Waals surface area contributed by atoms with E-state index in [1.54, 1.807) is 36.4 Å². The van der Waals surface area contributed by atoms with E-state index < -0.39 is 29.4 Å². The minimum Gasteiger partial charge on any atom is -0.490 e. The highest BCUT2D eigenvalue weighted by Gasteiger charge is 2.48. The third-order valence-corrected chi connectivity index (χ3v) is 8.33. The van der Waals surface area contributed by atoms with E-state index in [0.29, 0.717) is 42.0 Å². The number of aryl methyl sites for hydroxylation is 1. The molecule has 5 atom stereocenters. The summed E-state index contributed by atoms with van der Waals surface area (Å²) in [6.07, 6.45) is 5.82. The lowest BCUT2D eigenvalue weighted by atomic mass is 9.60. The fourth-order valence-electron chi connectivity index (χ4n) is 6.02. The fourth-order valence-corrected chi connectivity index (χ4v) is 6.37. The lowest BCUT2D eigenvalue weighted by molar-refractivity contribution is 0.0588. The van der Waals surface area contributed by atoms with Crippen molar-refractivity contribution in [3.63, 3.8) is 0 Å². The maximum atomic E-state index is 14.7. The van der Waals surface area contributed by atoms with Crippen molar-refractivity contribution in [3.8, 4) is 5.75 Å². The second-order valence-electron chi connectivity index (χ2n) is 9.80. The SMILES string of the molecule is O=C(O)c1ccc2c(c1)O[C@H]1C[C@@H](O)[C@H](/C=C/C(O)C3(c4c(F)cccc4Cl)CCC3)[C@H]1CC2. The highest BCUT2D eigenvalue weighted by molar-refractivity contribution is 6.31. The summed E-state index contributed by atoms with van der Waals surface area (Å²) in [7, 11) is 0. The standard InChI is InChI=1S/C27H28ClFO5/c28-19-3-1-4-20(29)25(19)27(11-2-12-27)24(31)10-9-17-18-8-7-15-5-6-16(26(32)33)13-22(15)34-23(18)14-21(17)30/h1,3-6,9-10,13,17-18,21,23-24,30-31H,2,7-8,11-12,14H2,(H,32,33)/b10-9+/t17-,18-,21-,23+,24?/m1/s1. The molecule has 0 bridgehead atoms. The molecular weight excluding hydrogens is 459 g/mol. The maximum absolute atomic E-state index is 14.7. The average molecular weight is 487 g/mol. The number of carbonyl (C=O) groups is 1. The Morgan fingerprint density at radius 3 is 2.74 bits per heavy atom. The third kappa shape index (κ3) is 3.92. The van der Waals surface area contributed by atoms with Crippen LogP contribution in [0.15, 0.2) is 48.6 Å². The summed E-state index contributed by atoms with van der Waals surface area (Å²) in [6, 6.07) is 9.52. The first-order valence-corrected chi connectivity index (χ1v) is 12.2. The van der Waals surface area contributed by atoms with E-state index in [9.17, 15) is 24.5 Å². The summed E-state index contributed by atoms with van der Waals surface area (Å²) >= 11 is 6.34. The molecule has 1 aliphatic heterocycles. The Morgan fingerprint density at radius 2 is 2.06 bits per heavy atom. The number of aliphatic hydroxyl groups excluding tert-OH is 2. The van der Waals surface area contributed by atoms with E-state index in [1.807, 2.05) is 6.08 Å². The molecule has 0 saturated heterocycles. The van der Waals surface area contributed by atoms with Crippen molar-refractivity contribution >= 4 is 17.6 Å². The highest BCUT2D eigenvalue weighted by Crippen LogP contribution is 2.50. The lowest BCUT2D eigenvalue weighted by Gasteiger charge is -2.45. The second-order valence-corrected chi connectivity index (χ2v) is 10.2. The predicted molar refractivity (Wildman–Crippen MR) is 126 cm³/mol. The Kier molecular flexibility index (Phi) is 6.17. The van der Waals surface area contributed by atoms with Gasteiger partial charge in [-0.1, -0.05) is 42.3 Å². The Balaban J connectivity index is 1.37. The van der Waals surface area contributed by atoms with Gasteiger partial charge in [0.2, 0.25) is 0 Å². The van der Waals surface area contributed by atoms with Gasteiger partial charge in [-0.05, 0) is 55.5 Å². The smallest absolute Gasteiger partial charge is 0.335 e. The first-order chi connectivity index (χ1) is 16.3. The molecule has 0 radical (unpaired) electrons. The Bertz CT molecular complexity index is 1110. The van der Waals surface area contributed by atoms with Gasteiger partial charge in [0.25, 0.3) is 0 Å². The Morgan fingerprint density at radius 1 is 1.26 bits per heavy atom. The molecule has 0 amide bonds. The first-order valence-electron chi connectivity index (χ1n) is 11.8. The number of aromatic carboxylic acids is 1. The minimum absolute atomic E-state index is 0.0218. The summed E-state index contributed by atoms with van der Waals surface area (Å²) in [5, 5.41) is 31.6. The van der Waals surface area contributed by atoms with Crippen LogP contribution in [0, 0.1) is 17.7 Å². The molecule has 2 aliphatic carbocycles. The van der Waals surface area contributed by atoms with Gasteiger partial charge in [-0.3, -0.25) is 0 Å². The van der Waals surface area contributed by atoms with Crippen molar-refractivity contribution in [1.82, 2.24) is 0 Å². The molecule has 180 valence electrons. The van der Waals surface area contributed by atoms with Crippen molar-refractivity contribution < 1.29 is 29.2 Å². The number of carboxylic acids is 1. The van der Waals surface area contributed by atoms with E-state index in [-0.39, 0.29) is 23.5 Å². The fraction of sp³-hybridized carbons (Fsp3) is 0.444. The van der Waals surface area contributed by atoms with Gasteiger partial charge in [-0.25, -0.2) is 9.18 Å². The Hall–Kier alpha value is -2.41. The van der Waals surface area contributed by atoms with Gasteiger partial charge < -0.3 is 20.1 Å². The molecule has 1 heterocycles. The van der Waals surface area contributed by atoms with Crippen molar-refractivity contribution in [2.24, 2.45) is 11.8 Å². The normalized spacial score (nSPS) is 28.4. The number of hydrogen-bond acceptors (Lipinski definition) is 4. The van der Waals surface area contributed by atoms with Crippen molar-refractivity contribution in [2.75, 3.05) is 0 Å². The molecule has 2 fully saturated rings. The first kappa shape index (κ1) is 23.3. The van der Waals surface area contributed by atoms with Gasteiger partial charge in [0.1, 0.15) is 17.7 Å². The van der Waals surface area contributed by atoms with E-state index in [0.717, 1.165) is 18.4 Å². The summed E-state index contributed by atoms with van der Waals surface area (Å²) in [6.45, 7) is 0. The van der Waals surface area contributed by atoms with Crippen LogP contribution in [-0.2, 0) is 11.8 Å². The molecular formula is C27H28ClFO5. The summed E-state index contributed by atoms with van der Waals surface area (Å²) in [5.74, 6) is -1.05. The van der Waals surface area contributed by atoms with Crippen LogP contribution < -0.4 is 4.74 Å². The van der Waals surface area contributed by atoms with Crippen molar-refractivity contribution in [1.29, 1.82) is 0 Å². The van der Waals surface area contributed by atoms with Crippen LogP contribution in [-0.4, -0.2) is 39.6 Å². The molecule has 5 rings (SSSR count). The van der Waals surface area contributed by atoms with Gasteiger partial charge >= 0.3 is 5.97 Å². The van der Waals surface area contributed by atoms with Crippen LogP contribution in [0.2, 0.25) is 5.02 Å². The molecule has 3 aliphatic rings. The predicted octanol–water partition coefficient (Wildman–Crippen LogP) is 4.91. The topological polar surface area (TPSA) is 87.0 Å². The quantitative estimate of drug-likeness (QED) is 0.523. The van der Waals surface area contributed by atoms with Crippen LogP contribution in [0.1, 0.15) is 53.6 Å². The number of halogens is 2. The number of aliphatic hydroxyl groups is 2. The second kappa shape index (κ2) is 8.99. The van der Waals surface area contributed by atoms with Crippen molar-refractivity contribution in [2.45, 2.75) is 62.3 Å². The maximum Gasteiger partial charge on any atom is 0.335 e. The van der Waals surface area contributed by atoms with Crippen LogP contribution in [0.3, 0.4) is 0 Å². The number of hydrogen-bond donors (Lipinski definition) is 3. The Labute approximate surface area is 202 Å². The van der Waals surface area contributed by atoms with Gasteiger partial charge in [0, 0.05) is 34.3 Å². The molecule has 5 nitrogen and oxygen atoms in total. The average Bonchev–Trinajstić information content (AvgIpc) is 2.94. The number of rotatable bonds is 5. The van der Waals surface area contributed by atoms with Crippen LogP contribution >= 0.6 is 11.6 Å². The molecule has 7 heteroatoms. The van der Waals surface area contributed by atoms with Gasteiger partial charge in [-0.15, -0.1) is 0 Å². The van der Waals surface area contributed by atoms with E-state index in [1.165, 1.54) is 6.07 Å². The highest BCUT2D eigenvalue weighted by atomic mass is 35.5. The largest absolute Gasteiger partial charge is 0.490 e.